The Labute approximate surface area is 133 Å². The third kappa shape index (κ3) is 3.52. The topological polar surface area (TPSA) is 46.1 Å². The zero-order valence-corrected chi connectivity index (χ0v) is 13.5. The first-order chi connectivity index (χ1) is 9.80. The van der Waals surface area contributed by atoms with Crippen molar-refractivity contribution < 1.29 is 4.79 Å². The molecule has 0 spiro atoms. The van der Waals surface area contributed by atoms with Gasteiger partial charge >= 0.3 is 0 Å². The maximum atomic E-state index is 12.7. The van der Waals surface area contributed by atoms with Crippen molar-refractivity contribution in [3.05, 3.63) is 46.8 Å². The number of carbonyl (C=O) groups is 1. The van der Waals surface area contributed by atoms with Gasteiger partial charge in [-0.15, -0.1) is 0 Å². The van der Waals surface area contributed by atoms with Crippen LogP contribution in [-0.2, 0) is 4.79 Å². The maximum absolute atomic E-state index is 12.7. The Morgan fingerprint density at radius 1 is 1.14 bits per heavy atom. The summed E-state index contributed by atoms with van der Waals surface area (Å²) in [7, 11) is 0. The molecule has 21 heavy (non-hydrogen) atoms. The summed E-state index contributed by atoms with van der Waals surface area (Å²) < 4.78 is 0. The van der Waals surface area contributed by atoms with Gasteiger partial charge in [-0.3, -0.25) is 14.7 Å². The van der Waals surface area contributed by atoms with E-state index in [1.807, 2.05) is 20.8 Å². The van der Waals surface area contributed by atoms with Crippen molar-refractivity contribution in [2.75, 3.05) is 4.90 Å². The van der Waals surface area contributed by atoms with E-state index in [1.54, 1.807) is 24.4 Å². The quantitative estimate of drug-likeness (QED) is 0.817. The third-order valence-electron chi connectivity index (χ3n) is 2.78. The van der Waals surface area contributed by atoms with Gasteiger partial charge in [0.2, 0.25) is 5.91 Å². The van der Waals surface area contributed by atoms with E-state index in [9.17, 15) is 4.79 Å². The molecule has 0 aliphatic rings. The predicted molar refractivity (Wildman–Crippen MR) is 85.1 cm³/mol. The van der Waals surface area contributed by atoms with Crippen molar-refractivity contribution in [2.45, 2.75) is 20.8 Å². The number of aromatic nitrogens is 2. The summed E-state index contributed by atoms with van der Waals surface area (Å²) in [5.74, 6) is 0.331. The fourth-order valence-electron chi connectivity index (χ4n) is 1.72. The van der Waals surface area contributed by atoms with Crippen LogP contribution >= 0.6 is 23.2 Å². The monoisotopic (exact) mass is 323 g/mol. The van der Waals surface area contributed by atoms with Gasteiger partial charge in [-0.05, 0) is 18.2 Å². The third-order valence-corrected chi connectivity index (χ3v) is 3.52. The van der Waals surface area contributed by atoms with Crippen molar-refractivity contribution in [2.24, 2.45) is 5.41 Å². The van der Waals surface area contributed by atoms with Crippen LogP contribution in [0.3, 0.4) is 0 Å². The van der Waals surface area contributed by atoms with Crippen LogP contribution in [0.5, 0.6) is 0 Å². The Kier molecular flexibility index (Phi) is 4.49. The van der Waals surface area contributed by atoms with Gasteiger partial charge in [0, 0.05) is 17.8 Å². The van der Waals surface area contributed by atoms with E-state index in [4.69, 9.17) is 23.2 Å². The summed E-state index contributed by atoms with van der Waals surface area (Å²) in [5, 5.41) is 0.812. The average Bonchev–Trinajstić information content (AvgIpc) is 2.43. The van der Waals surface area contributed by atoms with E-state index < -0.39 is 5.41 Å². The number of anilines is 2. The van der Waals surface area contributed by atoms with E-state index in [-0.39, 0.29) is 5.91 Å². The van der Waals surface area contributed by atoms with Gasteiger partial charge in [-0.25, -0.2) is 4.98 Å². The minimum absolute atomic E-state index is 0.110. The molecule has 2 aromatic rings. The lowest BCUT2D eigenvalue weighted by Gasteiger charge is -2.28. The number of halogens is 2. The first kappa shape index (κ1) is 15.7. The van der Waals surface area contributed by atoms with Crippen LogP contribution in [0.2, 0.25) is 10.0 Å². The van der Waals surface area contributed by atoms with Crippen LogP contribution in [0.4, 0.5) is 11.5 Å². The molecule has 6 heteroatoms. The highest BCUT2D eigenvalue weighted by Crippen LogP contribution is 2.33. The van der Waals surface area contributed by atoms with E-state index in [0.29, 0.717) is 21.6 Å². The van der Waals surface area contributed by atoms with Crippen LogP contribution in [0.15, 0.2) is 36.8 Å². The molecule has 0 fully saturated rings. The number of hydrogen-bond donors (Lipinski definition) is 0. The summed E-state index contributed by atoms with van der Waals surface area (Å²) in [5.41, 5.74) is 0.0220. The lowest BCUT2D eigenvalue weighted by Crippen LogP contribution is -2.36. The highest BCUT2D eigenvalue weighted by molar-refractivity contribution is 6.42. The van der Waals surface area contributed by atoms with Crippen molar-refractivity contribution in [1.29, 1.82) is 0 Å². The second-order valence-electron chi connectivity index (χ2n) is 5.55. The molecule has 0 bridgehead atoms. The molecule has 110 valence electrons. The van der Waals surface area contributed by atoms with Crippen molar-refractivity contribution >= 4 is 40.6 Å². The van der Waals surface area contributed by atoms with Crippen molar-refractivity contribution in [3.8, 4) is 0 Å². The zero-order chi connectivity index (χ0) is 15.6. The minimum Gasteiger partial charge on any atom is -0.273 e. The van der Waals surface area contributed by atoms with E-state index in [0.717, 1.165) is 0 Å². The Morgan fingerprint density at radius 3 is 2.38 bits per heavy atom. The van der Waals surface area contributed by atoms with E-state index in [1.165, 1.54) is 17.3 Å². The standard InChI is InChI=1S/C15H15Cl2N3O/c1-15(2,3)14(21)20(13-9-18-6-7-19-13)10-4-5-11(16)12(17)8-10/h4-9H,1-3H3. The smallest absolute Gasteiger partial charge is 0.238 e. The molecule has 0 radical (unpaired) electrons. The highest BCUT2D eigenvalue weighted by Gasteiger charge is 2.30. The molecule has 1 aromatic carbocycles. The molecule has 4 nitrogen and oxygen atoms in total. The van der Waals surface area contributed by atoms with Gasteiger partial charge in [0.1, 0.15) is 0 Å². The highest BCUT2D eigenvalue weighted by atomic mass is 35.5. The number of benzene rings is 1. The molecule has 0 aliphatic carbocycles. The van der Waals surface area contributed by atoms with Crippen molar-refractivity contribution in [1.82, 2.24) is 9.97 Å². The average molecular weight is 324 g/mol. The summed E-state index contributed by atoms with van der Waals surface area (Å²) in [6, 6.07) is 5.02. The lowest BCUT2D eigenvalue weighted by atomic mass is 9.94. The van der Waals surface area contributed by atoms with Crippen LogP contribution in [0.1, 0.15) is 20.8 Å². The number of amides is 1. The number of hydrogen-bond acceptors (Lipinski definition) is 3. The molecule has 1 heterocycles. The molecular weight excluding hydrogens is 309 g/mol. The molecule has 0 saturated heterocycles. The predicted octanol–water partition coefficient (Wildman–Crippen LogP) is 4.49. The van der Waals surface area contributed by atoms with E-state index >= 15 is 0 Å². The Hall–Kier alpha value is -1.65. The summed E-state index contributed by atoms with van der Waals surface area (Å²) in [6.45, 7) is 5.53. The largest absolute Gasteiger partial charge is 0.273 e. The van der Waals surface area contributed by atoms with Gasteiger partial charge < -0.3 is 0 Å². The fourth-order valence-corrected chi connectivity index (χ4v) is 2.01. The first-order valence-electron chi connectivity index (χ1n) is 6.36. The van der Waals surface area contributed by atoms with Crippen LogP contribution in [0.25, 0.3) is 0 Å². The number of nitrogens with zero attached hydrogens (tertiary/aromatic N) is 3. The Balaban J connectivity index is 2.56. The molecule has 0 N–H and O–H groups in total. The molecule has 2 rings (SSSR count). The summed E-state index contributed by atoms with van der Waals surface area (Å²) >= 11 is 12.0. The van der Waals surface area contributed by atoms with Gasteiger partial charge in [-0.1, -0.05) is 44.0 Å². The van der Waals surface area contributed by atoms with E-state index in [2.05, 4.69) is 9.97 Å². The Bertz CT molecular complexity index is 654. The van der Waals surface area contributed by atoms with Crippen LogP contribution in [0, 0.1) is 5.41 Å². The molecule has 1 aromatic heterocycles. The van der Waals surface area contributed by atoms with Gasteiger partial charge in [0.15, 0.2) is 5.82 Å². The Morgan fingerprint density at radius 2 is 1.86 bits per heavy atom. The molecule has 0 aliphatic heterocycles. The fraction of sp³-hybridized carbons (Fsp3) is 0.267. The second kappa shape index (κ2) is 6.00. The van der Waals surface area contributed by atoms with Gasteiger partial charge in [-0.2, -0.15) is 0 Å². The molecule has 0 saturated carbocycles. The number of carbonyl (C=O) groups excluding carboxylic acids is 1. The molecule has 1 amide bonds. The number of rotatable bonds is 2. The summed E-state index contributed by atoms with van der Waals surface area (Å²) in [4.78, 5) is 22.5. The molecular formula is C15H15Cl2N3O. The maximum Gasteiger partial charge on any atom is 0.238 e. The van der Waals surface area contributed by atoms with Crippen molar-refractivity contribution in [3.63, 3.8) is 0 Å². The SMILES string of the molecule is CC(C)(C)C(=O)N(c1ccc(Cl)c(Cl)c1)c1cnccn1. The molecule has 0 atom stereocenters. The van der Waals surface area contributed by atoms with Gasteiger partial charge in [0.25, 0.3) is 0 Å². The zero-order valence-electron chi connectivity index (χ0n) is 12.0. The van der Waals surface area contributed by atoms with Crippen LogP contribution in [-0.4, -0.2) is 15.9 Å². The first-order valence-corrected chi connectivity index (χ1v) is 7.12. The van der Waals surface area contributed by atoms with Crippen LogP contribution < -0.4 is 4.90 Å². The normalized spacial score (nSPS) is 11.3. The van der Waals surface area contributed by atoms with Gasteiger partial charge in [0.05, 0.1) is 21.9 Å². The summed E-state index contributed by atoms with van der Waals surface area (Å²) in [6.07, 6.45) is 4.63. The minimum atomic E-state index is -0.580. The second-order valence-corrected chi connectivity index (χ2v) is 6.37. The molecule has 0 unspecified atom stereocenters. The lowest BCUT2D eigenvalue weighted by molar-refractivity contribution is -0.125.